The van der Waals surface area contributed by atoms with Crippen LogP contribution in [0, 0.1) is 5.92 Å². The lowest BCUT2D eigenvalue weighted by Gasteiger charge is -2.38. The van der Waals surface area contributed by atoms with E-state index < -0.39 is 42.3 Å². The number of carboxylic acid groups (broad SMARTS) is 1. The Labute approximate surface area is 269 Å². The number of methoxy groups -OCH3 is 2. The topological polar surface area (TPSA) is 147 Å². The van der Waals surface area contributed by atoms with Crippen LogP contribution < -0.4 is 20.1 Å². The zero-order valence-electron chi connectivity index (χ0n) is 26.6. The van der Waals surface area contributed by atoms with Gasteiger partial charge in [-0.2, -0.15) is 0 Å². The molecule has 0 saturated carbocycles. The Morgan fingerprint density at radius 2 is 1.43 bits per heavy atom. The van der Waals surface area contributed by atoms with Gasteiger partial charge >= 0.3 is 6.09 Å². The fourth-order valence-electron chi connectivity index (χ4n) is 5.91. The van der Waals surface area contributed by atoms with E-state index in [4.69, 9.17) is 19.3 Å². The van der Waals surface area contributed by atoms with E-state index in [-0.39, 0.29) is 31.4 Å². The van der Waals surface area contributed by atoms with Crippen LogP contribution in [0.1, 0.15) is 43.4 Å². The van der Waals surface area contributed by atoms with E-state index in [1.807, 2.05) is 98.0 Å². The number of hydrogen-bond donors (Lipinski definition) is 4. The van der Waals surface area contributed by atoms with Gasteiger partial charge in [-0.1, -0.05) is 68.4 Å². The number of nitrogens with zero attached hydrogens (tertiary/aromatic N) is 1. The molecule has 3 amide bonds. The van der Waals surface area contributed by atoms with Crippen LogP contribution in [-0.2, 0) is 19.9 Å². The summed E-state index contributed by atoms with van der Waals surface area (Å²) in [7, 11) is 3.21. The third-order valence-electron chi connectivity index (χ3n) is 8.08. The first-order valence-corrected chi connectivity index (χ1v) is 15.3. The number of aliphatic hydroxyl groups excluding tert-OH is 1. The third-order valence-corrected chi connectivity index (χ3v) is 8.08. The lowest BCUT2D eigenvalue weighted by atomic mass is 9.80. The molecule has 0 bridgehead atoms. The van der Waals surface area contributed by atoms with Crippen LogP contribution in [0.25, 0.3) is 0 Å². The maximum absolute atomic E-state index is 14.0. The van der Waals surface area contributed by atoms with E-state index in [2.05, 4.69) is 5.32 Å². The number of β-amino-alcohol motifs (C(OH)–C–C–N with tert-alkyl or cyclic N) is 1. The van der Waals surface area contributed by atoms with Crippen molar-refractivity contribution in [1.82, 2.24) is 15.5 Å². The molecule has 11 heteroatoms. The number of carbonyl (C=O) groups excluding carboxylic acids is 2. The molecule has 1 fully saturated rings. The van der Waals surface area contributed by atoms with Gasteiger partial charge in [0.1, 0.15) is 29.7 Å². The fourth-order valence-corrected chi connectivity index (χ4v) is 5.91. The van der Waals surface area contributed by atoms with Gasteiger partial charge in [0, 0.05) is 6.54 Å². The second kappa shape index (κ2) is 15.6. The number of nitrogens with one attached hydrogen (secondary N) is 2. The maximum atomic E-state index is 14.0. The molecule has 3 atom stereocenters. The van der Waals surface area contributed by atoms with Gasteiger partial charge in [-0.25, -0.2) is 4.79 Å². The molecule has 1 aliphatic heterocycles. The zero-order valence-corrected chi connectivity index (χ0v) is 26.6. The summed E-state index contributed by atoms with van der Waals surface area (Å²) in [6, 6.07) is 23.6. The minimum Gasteiger partial charge on any atom is -0.497 e. The molecule has 0 radical (unpaired) electrons. The minimum absolute atomic E-state index is 0.0554. The molecule has 1 heterocycles. The highest BCUT2D eigenvalue weighted by molar-refractivity contribution is 5.89. The van der Waals surface area contributed by atoms with Gasteiger partial charge in [-0.05, 0) is 59.7 Å². The number of carbonyl (C=O) groups is 3. The standard InChI is InChI=1S/C35H43N3O8/c1-23(2)18-31(37-32(40)20-36-34(42)43)33(41)38-21-28(39)19-27(38)22-46-35(24-8-6-5-7-9-24,25-10-14-29(44-3)15-11-25)26-12-16-30(45-4)17-13-26/h5-17,23,27-28,31,36,39H,18-22H2,1-4H3,(H,37,40)(H,42,43)/t27-,28+,31-/m0/s1. The Hall–Kier alpha value is -4.61. The van der Waals surface area contributed by atoms with Crippen molar-refractivity contribution in [2.24, 2.45) is 5.92 Å². The molecule has 11 nitrogen and oxygen atoms in total. The first-order chi connectivity index (χ1) is 22.1. The molecule has 0 spiro atoms. The van der Waals surface area contributed by atoms with Gasteiger partial charge in [-0.15, -0.1) is 0 Å². The Kier molecular flexibility index (Phi) is 11.6. The van der Waals surface area contributed by atoms with E-state index in [0.717, 1.165) is 16.7 Å². The van der Waals surface area contributed by atoms with Gasteiger partial charge in [0.2, 0.25) is 11.8 Å². The first-order valence-electron chi connectivity index (χ1n) is 15.3. The first kappa shape index (κ1) is 34.3. The van der Waals surface area contributed by atoms with Gasteiger partial charge in [0.05, 0.1) is 33.0 Å². The van der Waals surface area contributed by atoms with Gasteiger partial charge in [0.25, 0.3) is 0 Å². The van der Waals surface area contributed by atoms with Crippen molar-refractivity contribution < 1.29 is 38.8 Å². The average molecular weight is 634 g/mol. The number of ether oxygens (including phenoxy) is 3. The van der Waals surface area contributed by atoms with Crippen molar-refractivity contribution in [2.45, 2.75) is 50.5 Å². The molecule has 46 heavy (non-hydrogen) atoms. The van der Waals surface area contributed by atoms with E-state index in [0.29, 0.717) is 17.9 Å². The summed E-state index contributed by atoms with van der Waals surface area (Å²) in [5, 5.41) is 24.4. The molecule has 1 saturated heterocycles. The molecular weight excluding hydrogens is 590 g/mol. The molecular formula is C35H43N3O8. The zero-order chi connectivity index (χ0) is 33.3. The molecule has 0 aromatic heterocycles. The highest BCUT2D eigenvalue weighted by Gasteiger charge is 2.43. The van der Waals surface area contributed by atoms with E-state index in [1.54, 1.807) is 19.1 Å². The molecule has 3 aromatic carbocycles. The molecule has 0 aliphatic carbocycles. The highest BCUT2D eigenvalue weighted by Crippen LogP contribution is 2.42. The van der Waals surface area contributed by atoms with Crippen LogP contribution in [-0.4, -0.2) is 85.1 Å². The van der Waals surface area contributed by atoms with Gasteiger partial charge in [0.15, 0.2) is 0 Å². The van der Waals surface area contributed by atoms with Crippen molar-refractivity contribution in [3.8, 4) is 11.5 Å². The largest absolute Gasteiger partial charge is 0.497 e. The summed E-state index contributed by atoms with van der Waals surface area (Å²) in [5.41, 5.74) is 1.41. The number of amides is 3. The lowest BCUT2D eigenvalue weighted by Crippen LogP contribution is -2.53. The third kappa shape index (κ3) is 8.15. The molecule has 1 aliphatic rings. The number of rotatable bonds is 14. The van der Waals surface area contributed by atoms with Crippen LogP contribution >= 0.6 is 0 Å². The number of benzene rings is 3. The summed E-state index contributed by atoms with van der Waals surface area (Å²) in [6.07, 6.45) is -1.50. The van der Waals surface area contributed by atoms with Crippen molar-refractivity contribution in [3.05, 3.63) is 95.6 Å². The van der Waals surface area contributed by atoms with Crippen molar-refractivity contribution in [2.75, 3.05) is 33.9 Å². The van der Waals surface area contributed by atoms with Gasteiger partial charge < -0.3 is 40.0 Å². The van der Waals surface area contributed by atoms with E-state index in [9.17, 15) is 19.5 Å². The summed E-state index contributed by atoms with van der Waals surface area (Å²) in [4.78, 5) is 39.0. The minimum atomic E-state index is -1.34. The molecule has 246 valence electrons. The molecule has 4 N–H and O–H groups in total. The summed E-state index contributed by atoms with van der Waals surface area (Å²) in [5.74, 6) is 0.457. The van der Waals surface area contributed by atoms with E-state index in [1.165, 1.54) is 0 Å². The average Bonchev–Trinajstić information content (AvgIpc) is 3.44. The SMILES string of the molecule is COc1ccc(C(OC[C@@H]2C[C@@H](O)CN2C(=O)[C@H](CC(C)C)NC(=O)CNC(=O)O)(c2ccccc2)c2ccc(OC)cc2)cc1. The summed E-state index contributed by atoms with van der Waals surface area (Å²) in [6.45, 7) is 3.53. The molecule has 4 rings (SSSR count). The summed E-state index contributed by atoms with van der Waals surface area (Å²) >= 11 is 0. The number of hydrogen-bond acceptors (Lipinski definition) is 7. The van der Waals surface area contributed by atoms with Crippen LogP contribution in [0.3, 0.4) is 0 Å². The normalized spacial score (nSPS) is 17.0. The van der Waals surface area contributed by atoms with Crippen LogP contribution in [0.15, 0.2) is 78.9 Å². The maximum Gasteiger partial charge on any atom is 0.405 e. The Morgan fingerprint density at radius 1 is 0.891 bits per heavy atom. The monoisotopic (exact) mass is 633 g/mol. The lowest BCUT2D eigenvalue weighted by molar-refractivity contribution is -0.139. The van der Waals surface area contributed by atoms with Crippen LogP contribution in [0.2, 0.25) is 0 Å². The Morgan fingerprint density at radius 3 is 1.93 bits per heavy atom. The van der Waals surface area contributed by atoms with Crippen LogP contribution in [0.4, 0.5) is 4.79 Å². The smallest absolute Gasteiger partial charge is 0.405 e. The quantitative estimate of drug-likeness (QED) is 0.196. The number of aliphatic hydroxyl groups is 1. The molecule has 0 unspecified atom stereocenters. The summed E-state index contributed by atoms with van der Waals surface area (Å²) < 4.78 is 17.9. The molecule has 3 aromatic rings. The Balaban J connectivity index is 1.70. The van der Waals surface area contributed by atoms with Crippen LogP contribution in [0.5, 0.6) is 11.5 Å². The van der Waals surface area contributed by atoms with Crippen molar-refractivity contribution in [1.29, 1.82) is 0 Å². The van der Waals surface area contributed by atoms with Crippen molar-refractivity contribution in [3.63, 3.8) is 0 Å². The second-order valence-electron chi connectivity index (χ2n) is 11.8. The predicted molar refractivity (Wildman–Crippen MR) is 172 cm³/mol. The van der Waals surface area contributed by atoms with E-state index >= 15 is 0 Å². The van der Waals surface area contributed by atoms with Gasteiger partial charge in [-0.3, -0.25) is 9.59 Å². The number of likely N-dealkylation sites (tertiary alicyclic amines) is 1. The second-order valence-corrected chi connectivity index (χ2v) is 11.8. The highest BCUT2D eigenvalue weighted by atomic mass is 16.5. The van der Waals surface area contributed by atoms with Crippen molar-refractivity contribution >= 4 is 17.9 Å². The Bertz CT molecular complexity index is 1400. The fraction of sp³-hybridized carbons (Fsp3) is 0.400. The predicted octanol–water partition coefficient (Wildman–Crippen LogP) is 3.77.